The highest BCUT2D eigenvalue weighted by molar-refractivity contribution is 14.1. The van der Waals surface area contributed by atoms with Gasteiger partial charge in [-0.2, -0.15) is 0 Å². The molecule has 0 aliphatic carbocycles. The number of hydrogen-bond acceptors (Lipinski definition) is 4. The first-order chi connectivity index (χ1) is 13.3. The normalized spacial score (nSPS) is 13.8. The SMILES string of the molecule is NCC(=O)NC1CN(C(=O)c2ccc(F)c(F)c2Nc2ccc(I)cc2F)C1. The summed E-state index contributed by atoms with van der Waals surface area (Å²) < 4.78 is 42.9. The van der Waals surface area contributed by atoms with Gasteiger partial charge in [-0.15, -0.1) is 0 Å². The van der Waals surface area contributed by atoms with E-state index in [9.17, 15) is 22.8 Å². The Hall–Kier alpha value is -2.34. The van der Waals surface area contributed by atoms with Crippen molar-refractivity contribution < 1.29 is 22.8 Å². The second kappa shape index (κ2) is 8.35. The number of likely N-dealkylation sites (tertiary alicyclic amines) is 1. The average Bonchev–Trinajstić information content (AvgIpc) is 2.63. The van der Waals surface area contributed by atoms with Gasteiger partial charge < -0.3 is 21.3 Å². The maximum atomic E-state index is 14.4. The highest BCUT2D eigenvalue weighted by Gasteiger charge is 2.34. The number of hydrogen-bond donors (Lipinski definition) is 3. The Morgan fingerprint density at radius 3 is 2.50 bits per heavy atom. The van der Waals surface area contributed by atoms with Gasteiger partial charge in [-0.3, -0.25) is 9.59 Å². The molecule has 1 aliphatic rings. The Balaban J connectivity index is 1.83. The number of amides is 2. The van der Waals surface area contributed by atoms with Gasteiger partial charge in [-0.25, -0.2) is 13.2 Å². The van der Waals surface area contributed by atoms with Crippen molar-refractivity contribution in [3.63, 3.8) is 0 Å². The summed E-state index contributed by atoms with van der Waals surface area (Å²) in [6.07, 6.45) is 0. The number of halogens is 4. The molecular formula is C18H16F3IN4O2. The van der Waals surface area contributed by atoms with E-state index in [0.29, 0.717) is 3.57 Å². The molecular weight excluding hydrogens is 488 g/mol. The van der Waals surface area contributed by atoms with Crippen molar-refractivity contribution in [2.75, 3.05) is 25.0 Å². The fourth-order valence-corrected chi connectivity index (χ4v) is 3.22. The first kappa shape index (κ1) is 20.4. The van der Waals surface area contributed by atoms with Crippen LogP contribution in [0.1, 0.15) is 10.4 Å². The van der Waals surface area contributed by atoms with Gasteiger partial charge in [0.2, 0.25) is 5.91 Å². The van der Waals surface area contributed by atoms with Crippen LogP contribution in [-0.2, 0) is 4.79 Å². The summed E-state index contributed by atoms with van der Waals surface area (Å²) in [5, 5.41) is 5.12. The van der Waals surface area contributed by atoms with E-state index in [2.05, 4.69) is 10.6 Å². The lowest BCUT2D eigenvalue weighted by molar-refractivity contribution is -0.121. The smallest absolute Gasteiger partial charge is 0.256 e. The number of anilines is 2. The van der Waals surface area contributed by atoms with Gasteiger partial charge >= 0.3 is 0 Å². The molecule has 4 N–H and O–H groups in total. The van der Waals surface area contributed by atoms with Crippen LogP contribution in [0.5, 0.6) is 0 Å². The lowest BCUT2D eigenvalue weighted by atomic mass is 10.0. The first-order valence-corrected chi connectivity index (χ1v) is 9.36. The van der Waals surface area contributed by atoms with E-state index >= 15 is 0 Å². The Kier molecular flexibility index (Phi) is 6.08. The fourth-order valence-electron chi connectivity index (χ4n) is 2.77. The standard InChI is InChI=1S/C18H16F3IN4O2/c19-12-3-2-11(18(28)26-7-10(8-26)24-15(27)6-23)17(16(12)21)25-14-4-1-9(22)5-13(14)20/h1-5,10,25H,6-8,23H2,(H,24,27). The Morgan fingerprint density at radius 1 is 1.14 bits per heavy atom. The highest BCUT2D eigenvalue weighted by Crippen LogP contribution is 2.30. The number of nitrogens with one attached hydrogen (secondary N) is 2. The van der Waals surface area contributed by atoms with Crippen molar-refractivity contribution in [1.82, 2.24) is 10.2 Å². The zero-order chi connectivity index (χ0) is 20.4. The van der Waals surface area contributed by atoms with Crippen molar-refractivity contribution >= 4 is 45.8 Å². The molecule has 0 saturated carbocycles. The van der Waals surface area contributed by atoms with E-state index in [4.69, 9.17) is 5.73 Å². The number of carbonyl (C=O) groups excluding carboxylic acids is 2. The van der Waals surface area contributed by atoms with Gasteiger partial charge in [0.25, 0.3) is 5.91 Å². The molecule has 10 heteroatoms. The van der Waals surface area contributed by atoms with Crippen molar-refractivity contribution in [2.45, 2.75) is 6.04 Å². The largest absolute Gasteiger partial charge is 0.350 e. The Morgan fingerprint density at radius 2 is 1.86 bits per heavy atom. The number of nitrogens with two attached hydrogens (primary N) is 1. The summed E-state index contributed by atoms with van der Waals surface area (Å²) in [5.41, 5.74) is 4.55. The minimum Gasteiger partial charge on any atom is -0.350 e. The minimum absolute atomic E-state index is 0.0874. The monoisotopic (exact) mass is 504 g/mol. The molecule has 0 unspecified atom stereocenters. The lowest BCUT2D eigenvalue weighted by Gasteiger charge is -2.39. The van der Waals surface area contributed by atoms with Crippen LogP contribution < -0.4 is 16.4 Å². The zero-order valence-electron chi connectivity index (χ0n) is 14.4. The molecule has 3 rings (SSSR count). The molecule has 1 heterocycles. The average molecular weight is 504 g/mol. The van der Waals surface area contributed by atoms with Crippen molar-refractivity contribution in [2.24, 2.45) is 5.73 Å². The molecule has 148 valence electrons. The summed E-state index contributed by atoms with van der Waals surface area (Å²) >= 11 is 1.92. The molecule has 6 nitrogen and oxygen atoms in total. The van der Waals surface area contributed by atoms with E-state index < -0.39 is 29.0 Å². The number of rotatable bonds is 5. The summed E-state index contributed by atoms with van der Waals surface area (Å²) in [7, 11) is 0. The quantitative estimate of drug-likeness (QED) is 0.546. The van der Waals surface area contributed by atoms with Gasteiger partial charge in [0.1, 0.15) is 5.82 Å². The van der Waals surface area contributed by atoms with Crippen LogP contribution in [-0.4, -0.2) is 42.4 Å². The summed E-state index contributed by atoms with van der Waals surface area (Å²) in [6, 6.07) is 5.91. The molecule has 1 aliphatic heterocycles. The van der Waals surface area contributed by atoms with Crippen LogP contribution in [0.15, 0.2) is 30.3 Å². The molecule has 1 saturated heterocycles. The second-order valence-corrected chi connectivity index (χ2v) is 7.46. The molecule has 2 aromatic rings. The van der Waals surface area contributed by atoms with Crippen LogP contribution >= 0.6 is 22.6 Å². The fraction of sp³-hybridized carbons (Fsp3) is 0.222. The second-order valence-electron chi connectivity index (χ2n) is 6.21. The van der Waals surface area contributed by atoms with E-state index in [1.807, 2.05) is 22.6 Å². The van der Waals surface area contributed by atoms with Gasteiger partial charge in [0.15, 0.2) is 11.6 Å². The van der Waals surface area contributed by atoms with Crippen molar-refractivity contribution in [3.05, 3.63) is 56.9 Å². The van der Waals surface area contributed by atoms with Gasteiger partial charge in [0, 0.05) is 16.7 Å². The number of benzene rings is 2. The molecule has 0 aromatic heterocycles. The molecule has 0 bridgehead atoms. The van der Waals surface area contributed by atoms with Crippen molar-refractivity contribution in [3.8, 4) is 0 Å². The maximum Gasteiger partial charge on any atom is 0.256 e. The van der Waals surface area contributed by atoms with Crippen LogP contribution in [0.25, 0.3) is 0 Å². The van der Waals surface area contributed by atoms with Crippen LogP contribution in [0.3, 0.4) is 0 Å². The van der Waals surface area contributed by atoms with Crippen LogP contribution in [0.4, 0.5) is 24.5 Å². The van der Waals surface area contributed by atoms with E-state index in [-0.39, 0.29) is 42.8 Å². The Bertz CT molecular complexity index is 935. The number of nitrogens with zero attached hydrogens (tertiary/aromatic N) is 1. The van der Waals surface area contributed by atoms with E-state index in [1.54, 1.807) is 6.07 Å². The van der Waals surface area contributed by atoms with Crippen molar-refractivity contribution in [1.29, 1.82) is 0 Å². The van der Waals surface area contributed by atoms with Gasteiger partial charge in [0.05, 0.1) is 29.5 Å². The lowest BCUT2D eigenvalue weighted by Crippen LogP contribution is -2.61. The van der Waals surface area contributed by atoms with Gasteiger partial charge in [-0.1, -0.05) is 0 Å². The molecule has 0 radical (unpaired) electrons. The highest BCUT2D eigenvalue weighted by atomic mass is 127. The molecule has 1 fully saturated rings. The third-order valence-corrected chi connectivity index (χ3v) is 4.91. The molecule has 2 aromatic carbocycles. The maximum absolute atomic E-state index is 14.4. The Labute approximate surface area is 172 Å². The summed E-state index contributed by atoms with van der Waals surface area (Å²) in [5.74, 6) is -4.02. The van der Waals surface area contributed by atoms with Crippen LogP contribution in [0.2, 0.25) is 0 Å². The summed E-state index contributed by atoms with van der Waals surface area (Å²) in [4.78, 5) is 25.4. The first-order valence-electron chi connectivity index (χ1n) is 8.29. The topological polar surface area (TPSA) is 87.5 Å². The van der Waals surface area contributed by atoms with Crippen LogP contribution in [0, 0.1) is 21.0 Å². The predicted molar refractivity (Wildman–Crippen MR) is 106 cm³/mol. The molecule has 0 spiro atoms. The third-order valence-electron chi connectivity index (χ3n) is 4.24. The number of carbonyl (C=O) groups is 2. The molecule has 2 amide bonds. The zero-order valence-corrected chi connectivity index (χ0v) is 16.6. The molecule has 28 heavy (non-hydrogen) atoms. The molecule has 0 atom stereocenters. The summed E-state index contributed by atoms with van der Waals surface area (Å²) in [6.45, 7) is 0.255. The predicted octanol–water partition coefficient (Wildman–Crippen LogP) is 2.35. The van der Waals surface area contributed by atoms with E-state index in [1.165, 1.54) is 17.0 Å². The third kappa shape index (κ3) is 4.22. The minimum atomic E-state index is -1.28. The van der Waals surface area contributed by atoms with Gasteiger partial charge in [-0.05, 0) is 52.9 Å². The van der Waals surface area contributed by atoms with E-state index in [0.717, 1.165) is 12.1 Å².